The summed E-state index contributed by atoms with van der Waals surface area (Å²) in [6.45, 7) is 1.37. The molecule has 3 heteroatoms. The minimum atomic E-state index is -0.229. The topological polar surface area (TPSA) is 44.5 Å². The Labute approximate surface area is 96.5 Å². The number of rotatable bonds is 4. The van der Waals surface area contributed by atoms with Crippen LogP contribution in [0.25, 0.3) is 0 Å². The highest BCUT2D eigenvalue weighted by molar-refractivity contribution is 5.36. The molecule has 0 aromatic heterocycles. The first-order chi connectivity index (χ1) is 7.73. The van der Waals surface area contributed by atoms with Crippen LogP contribution in [-0.4, -0.2) is 25.9 Å². The highest BCUT2D eigenvalue weighted by Gasteiger charge is 2.31. The van der Waals surface area contributed by atoms with Crippen LogP contribution in [0.2, 0.25) is 0 Å². The molecule has 1 aromatic rings. The Hall–Kier alpha value is -1.06. The lowest BCUT2D eigenvalue weighted by atomic mass is 9.86. The SMILES string of the molecule is COCCCC1(N)COc2ccccc2C1. The molecule has 0 saturated heterocycles. The van der Waals surface area contributed by atoms with Crippen LogP contribution >= 0.6 is 0 Å². The van der Waals surface area contributed by atoms with Gasteiger partial charge in [0, 0.05) is 13.7 Å². The molecule has 2 N–H and O–H groups in total. The first kappa shape index (κ1) is 11.4. The van der Waals surface area contributed by atoms with Gasteiger partial charge >= 0.3 is 0 Å². The van der Waals surface area contributed by atoms with Gasteiger partial charge in [-0.1, -0.05) is 18.2 Å². The molecule has 2 rings (SSSR count). The van der Waals surface area contributed by atoms with E-state index in [1.54, 1.807) is 7.11 Å². The van der Waals surface area contributed by atoms with Crippen molar-refractivity contribution in [3.05, 3.63) is 29.8 Å². The van der Waals surface area contributed by atoms with Crippen molar-refractivity contribution < 1.29 is 9.47 Å². The van der Waals surface area contributed by atoms with Crippen LogP contribution in [0, 0.1) is 0 Å². The van der Waals surface area contributed by atoms with Gasteiger partial charge in [0.25, 0.3) is 0 Å². The van der Waals surface area contributed by atoms with Crippen molar-refractivity contribution in [2.24, 2.45) is 5.73 Å². The molecule has 0 amide bonds. The summed E-state index contributed by atoms with van der Waals surface area (Å²) in [5.74, 6) is 0.982. The molecule has 1 unspecified atom stereocenters. The minimum absolute atomic E-state index is 0.229. The summed E-state index contributed by atoms with van der Waals surface area (Å²) in [5.41, 5.74) is 7.32. The summed E-state index contributed by atoms with van der Waals surface area (Å²) >= 11 is 0. The van der Waals surface area contributed by atoms with E-state index in [1.165, 1.54) is 5.56 Å². The molecular weight excluding hydrogens is 202 g/mol. The van der Waals surface area contributed by atoms with Crippen molar-refractivity contribution >= 4 is 0 Å². The van der Waals surface area contributed by atoms with Crippen LogP contribution in [0.3, 0.4) is 0 Å². The highest BCUT2D eigenvalue weighted by Crippen LogP contribution is 2.30. The van der Waals surface area contributed by atoms with Gasteiger partial charge in [0.15, 0.2) is 0 Å². The zero-order valence-electron chi connectivity index (χ0n) is 9.74. The molecule has 0 bridgehead atoms. The predicted octanol–water partition coefficient (Wildman–Crippen LogP) is 1.75. The molecule has 1 heterocycles. The van der Waals surface area contributed by atoms with Gasteiger partial charge < -0.3 is 15.2 Å². The van der Waals surface area contributed by atoms with Gasteiger partial charge in [-0.2, -0.15) is 0 Å². The smallest absolute Gasteiger partial charge is 0.122 e. The lowest BCUT2D eigenvalue weighted by Gasteiger charge is -2.34. The van der Waals surface area contributed by atoms with E-state index in [-0.39, 0.29) is 5.54 Å². The Kier molecular flexibility index (Phi) is 3.46. The molecule has 0 spiro atoms. The average molecular weight is 221 g/mol. The van der Waals surface area contributed by atoms with E-state index in [0.717, 1.165) is 31.6 Å². The predicted molar refractivity (Wildman–Crippen MR) is 63.7 cm³/mol. The van der Waals surface area contributed by atoms with Crippen molar-refractivity contribution in [1.29, 1.82) is 0 Å². The van der Waals surface area contributed by atoms with Crippen molar-refractivity contribution in [1.82, 2.24) is 0 Å². The van der Waals surface area contributed by atoms with E-state index in [0.29, 0.717) is 6.61 Å². The quantitative estimate of drug-likeness (QED) is 0.788. The zero-order chi connectivity index (χ0) is 11.4. The number of hydrogen-bond donors (Lipinski definition) is 1. The maximum absolute atomic E-state index is 6.33. The van der Waals surface area contributed by atoms with E-state index in [4.69, 9.17) is 15.2 Å². The van der Waals surface area contributed by atoms with E-state index >= 15 is 0 Å². The van der Waals surface area contributed by atoms with E-state index in [2.05, 4.69) is 6.07 Å². The van der Waals surface area contributed by atoms with Gasteiger partial charge in [0.05, 0.1) is 5.54 Å². The summed E-state index contributed by atoms with van der Waals surface area (Å²) in [6.07, 6.45) is 2.82. The van der Waals surface area contributed by atoms with Crippen LogP contribution in [0.4, 0.5) is 0 Å². The van der Waals surface area contributed by atoms with E-state index in [1.807, 2.05) is 18.2 Å². The molecule has 0 saturated carbocycles. The molecule has 0 radical (unpaired) electrons. The molecule has 1 aromatic carbocycles. The Morgan fingerprint density at radius 2 is 2.25 bits per heavy atom. The van der Waals surface area contributed by atoms with Gasteiger partial charge in [-0.3, -0.25) is 0 Å². The molecule has 3 nitrogen and oxygen atoms in total. The molecular formula is C13H19NO2. The maximum atomic E-state index is 6.33. The third-order valence-corrected chi connectivity index (χ3v) is 3.05. The summed E-state index contributed by atoms with van der Waals surface area (Å²) in [4.78, 5) is 0. The lowest BCUT2D eigenvalue weighted by Crippen LogP contribution is -2.50. The maximum Gasteiger partial charge on any atom is 0.122 e. The number of methoxy groups -OCH3 is 1. The normalized spacial score (nSPS) is 23.6. The standard InChI is InChI=1S/C13H19NO2/c1-15-8-4-7-13(14)9-11-5-2-3-6-12(11)16-10-13/h2-3,5-6H,4,7-10,14H2,1H3. The third-order valence-electron chi connectivity index (χ3n) is 3.05. The van der Waals surface area contributed by atoms with E-state index < -0.39 is 0 Å². The summed E-state index contributed by atoms with van der Waals surface area (Å²) in [5, 5.41) is 0. The van der Waals surface area contributed by atoms with Crippen molar-refractivity contribution in [3.63, 3.8) is 0 Å². The first-order valence-corrected chi connectivity index (χ1v) is 5.72. The van der Waals surface area contributed by atoms with Crippen LogP contribution < -0.4 is 10.5 Å². The van der Waals surface area contributed by atoms with Crippen LogP contribution in [-0.2, 0) is 11.2 Å². The van der Waals surface area contributed by atoms with Crippen molar-refractivity contribution in [2.45, 2.75) is 24.8 Å². The fourth-order valence-corrected chi connectivity index (χ4v) is 2.17. The summed E-state index contributed by atoms with van der Waals surface area (Å²) in [7, 11) is 1.72. The number of benzene rings is 1. The van der Waals surface area contributed by atoms with Crippen LogP contribution in [0.15, 0.2) is 24.3 Å². The number of ether oxygens (including phenoxy) is 2. The molecule has 1 aliphatic heterocycles. The van der Waals surface area contributed by atoms with Gasteiger partial charge in [0.1, 0.15) is 12.4 Å². The second-order valence-electron chi connectivity index (χ2n) is 4.53. The Bertz CT molecular complexity index is 354. The fraction of sp³-hybridized carbons (Fsp3) is 0.538. The van der Waals surface area contributed by atoms with Crippen molar-refractivity contribution in [3.8, 4) is 5.75 Å². The van der Waals surface area contributed by atoms with Crippen LogP contribution in [0.5, 0.6) is 5.75 Å². The zero-order valence-corrected chi connectivity index (χ0v) is 9.74. The second kappa shape index (κ2) is 4.85. The third kappa shape index (κ3) is 2.54. The highest BCUT2D eigenvalue weighted by atomic mass is 16.5. The van der Waals surface area contributed by atoms with Gasteiger partial charge in [-0.25, -0.2) is 0 Å². The molecule has 1 aliphatic rings. The van der Waals surface area contributed by atoms with Gasteiger partial charge in [-0.15, -0.1) is 0 Å². The number of fused-ring (bicyclic) bond motifs is 1. The average Bonchev–Trinajstić information content (AvgIpc) is 2.29. The number of hydrogen-bond acceptors (Lipinski definition) is 3. The van der Waals surface area contributed by atoms with Gasteiger partial charge in [0.2, 0.25) is 0 Å². The van der Waals surface area contributed by atoms with Gasteiger partial charge in [-0.05, 0) is 30.9 Å². The van der Waals surface area contributed by atoms with E-state index in [9.17, 15) is 0 Å². The Morgan fingerprint density at radius 1 is 1.44 bits per heavy atom. The molecule has 0 aliphatic carbocycles. The number of para-hydroxylation sites is 1. The molecule has 0 fully saturated rings. The minimum Gasteiger partial charge on any atom is -0.491 e. The monoisotopic (exact) mass is 221 g/mol. The molecule has 1 atom stereocenters. The summed E-state index contributed by atoms with van der Waals surface area (Å²) < 4.78 is 10.8. The second-order valence-corrected chi connectivity index (χ2v) is 4.53. The number of nitrogens with two attached hydrogens (primary N) is 1. The lowest BCUT2D eigenvalue weighted by molar-refractivity contribution is 0.150. The Morgan fingerprint density at radius 3 is 3.06 bits per heavy atom. The molecule has 88 valence electrons. The molecule has 16 heavy (non-hydrogen) atoms. The summed E-state index contributed by atoms with van der Waals surface area (Å²) in [6, 6.07) is 8.12. The van der Waals surface area contributed by atoms with Crippen molar-refractivity contribution in [2.75, 3.05) is 20.3 Å². The fourth-order valence-electron chi connectivity index (χ4n) is 2.17. The van der Waals surface area contributed by atoms with Crippen LogP contribution in [0.1, 0.15) is 18.4 Å². The largest absolute Gasteiger partial charge is 0.491 e. The first-order valence-electron chi connectivity index (χ1n) is 5.72. The Balaban J connectivity index is 2.00.